The lowest BCUT2D eigenvalue weighted by atomic mass is 10.2. The first-order chi connectivity index (χ1) is 7.18. The molecule has 0 heterocycles. The van der Waals surface area contributed by atoms with Crippen molar-refractivity contribution in [1.82, 2.24) is 5.32 Å². The second kappa shape index (κ2) is 6.80. The van der Waals surface area contributed by atoms with Crippen LogP contribution in [0.2, 0.25) is 0 Å². The molecule has 1 fully saturated rings. The Labute approximate surface area is 91.0 Å². The minimum absolute atomic E-state index is 0.0472. The summed E-state index contributed by atoms with van der Waals surface area (Å²) in [5, 5.41) is 11.7. The molecule has 1 saturated carbocycles. The summed E-state index contributed by atoms with van der Waals surface area (Å²) in [5.41, 5.74) is 0. The predicted molar refractivity (Wildman–Crippen MR) is 57.9 cm³/mol. The van der Waals surface area contributed by atoms with E-state index in [1.54, 1.807) is 0 Å². The maximum atomic E-state index is 10.4. The van der Waals surface area contributed by atoms with Crippen LogP contribution in [-0.4, -0.2) is 36.9 Å². The molecular formula is C11H21NO3. The first-order valence-electron chi connectivity index (χ1n) is 5.71. The summed E-state index contributed by atoms with van der Waals surface area (Å²) in [6, 6.07) is 0.0472. The van der Waals surface area contributed by atoms with E-state index in [9.17, 15) is 4.79 Å². The molecule has 0 saturated heterocycles. The van der Waals surface area contributed by atoms with Crippen molar-refractivity contribution < 1.29 is 14.6 Å². The van der Waals surface area contributed by atoms with E-state index < -0.39 is 5.97 Å². The summed E-state index contributed by atoms with van der Waals surface area (Å²) < 4.78 is 5.46. The number of nitrogens with one attached hydrogen (secondary N) is 1. The van der Waals surface area contributed by atoms with E-state index in [0.29, 0.717) is 0 Å². The molecule has 1 unspecified atom stereocenters. The van der Waals surface area contributed by atoms with Crippen molar-refractivity contribution in [2.24, 2.45) is 5.92 Å². The molecule has 15 heavy (non-hydrogen) atoms. The van der Waals surface area contributed by atoms with Crippen LogP contribution in [0.25, 0.3) is 0 Å². The van der Waals surface area contributed by atoms with Gasteiger partial charge in [0, 0.05) is 19.3 Å². The summed E-state index contributed by atoms with van der Waals surface area (Å²) in [7, 11) is 0. The lowest BCUT2D eigenvalue weighted by molar-refractivity contribution is -0.137. The second-order valence-electron chi connectivity index (χ2n) is 4.32. The molecule has 0 aliphatic heterocycles. The molecule has 0 aromatic carbocycles. The van der Waals surface area contributed by atoms with Gasteiger partial charge in [-0.05, 0) is 38.6 Å². The fourth-order valence-corrected chi connectivity index (χ4v) is 1.39. The molecule has 1 aliphatic rings. The van der Waals surface area contributed by atoms with Gasteiger partial charge in [-0.3, -0.25) is 4.79 Å². The maximum Gasteiger partial charge on any atom is 0.304 e. The van der Waals surface area contributed by atoms with E-state index in [1.807, 2.05) is 6.92 Å². The van der Waals surface area contributed by atoms with Crippen LogP contribution in [0.5, 0.6) is 0 Å². The zero-order valence-electron chi connectivity index (χ0n) is 9.37. The van der Waals surface area contributed by atoms with Crippen molar-refractivity contribution in [3.8, 4) is 0 Å². The van der Waals surface area contributed by atoms with Crippen molar-refractivity contribution in [3.05, 3.63) is 0 Å². The molecule has 1 atom stereocenters. The number of carboxylic acid groups (broad SMARTS) is 1. The van der Waals surface area contributed by atoms with Gasteiger partial charge in [-0.1, -0.05) is 0 Å². The van der Waals surface area contributed by atoms with Gasteiger partial charge >= 0.3 is 5.97 Å². The molecular weight excluding hydrogens is 194 g/mol. The molecule has 0 bridgehead atoms. The molecule has 0 spiro atoms. The van der Waals surface area contributed by atoms with Crippen LogP contribution >= 0.6 is 0 Å². The molecule has 1 aliphatic carbocycles. The molecule has 0 aromatic rings. The Hall–Kier alpha value is -0.610. The molecule has 88 valence electrons. The minimum Gasteiger partial charge on any atom is -0.481 e. The standard InChI is InChI=1S/C11H21NO3/c1-9(7-11(13)14)12-5-2-6-15-8-10-3-4-10/h9-10,12H,2-8H2,1H3,(H,13,14). The highest BCUT2D eigenvalue weighted by Gasteiger charge is 2.20. The van der Waals surface area contributed by atoms with Crippen LogP contribution in [-0.2, 0) is 9.53 Å². The normalized spacial score (nSPS) is 17.7. The zero-order valence-corrected chi connectivity index (χ0v) is 9.37. The third kappa shape index (κ3) is 7.33. The Bertz CT molecular complexity index is 192. The first-order valence-corrected chi connectivity index (χ1v) is 5.71. The fourth-order valence-electron chi connectivity index (χ4n) is 1.39. The number of carboxylic acids is 1. The molecule has 4 heteroatoms. The van der Waals surface area contributed by atoms with Gasteiger partial charge in [0.1, 0.15) is 0 Å². The van der Waals surface area contributed by atoms with Crippen LogP contribution in [0.15, 0.2) is 0 Å². The van der Waals surface area contributed by atoms with Crippen molar-refractivity contribution in [1.29, 1.82) is 0 Å². The molecule has 0 amide bonds. The third-order valence-corrected chi connectivity index (χ3v) is 2.49. The van der Waals surface area contributed by atoms with Crippen molar-refractivity contribution in [2.45, 2.75) is 38.6 Å². The maximum absolute atomic E-state index is 10.4. The quantitative estimate of drug-likeness (QED) is 0.568. The van der Waals surface area contributed by atoms with Crippen molar-refractivity contribution in [2.75, 3.05) is 19.8 Å². The van der Waals surface area contributed by atoms with Gasteiger partial charge < -0.3 is 15.2 Å². The molecule has 4 nitrogen and oxygen atoms in total. The molecule has 2 N–H and O–H groups in total. The SMILES string of the molecule is CC(CC(=O)O)NCCCOCC1CC1. The Morgan fingerprint density at radius 3 is 2.93 bits per heavy atom. The average molecular weight is 215 g/mol. The lowest BCUT2D eigenvalue weighted by Gasteiger charge is -2.11. The number of ether oxygens (including phenoxy) is 1. The van der Waals surface area contributed by atoms with Gasteiger partial charge in [0.15, 0.2) is 0 Å². The Balaban J connectivity index is 1.80. The first kappa shape index (κ1) is 12.5. The van der Waals surface area contributed by atoms with Crippen LogP contribution in [0.4, 0.5) is 0 Å². The van der Waals surface area contributed by atoms with E-state index in [4.69, 9.17) is 9.84 Å². The summed E-state index contributed by atoms with van der Waals surface area (Å²) in [4.78, 5) is 10.4. The largest absolute Gasteiger partial charge is 0.481 e. The van der Waals surface area contributed by atoms with Crippen LogP contribution in [0.3, 0.4) is 0 Å². The van der Waals surface area contributed by atoms with E-state index >= 15 is 0 Å². The lowest BCUT2D eigenvalue weighted by Crippen LogP contribution is -2.29. The van der Waals surface area contributed by atoms with Crippen LogP contribution < -0.4 is 5.32 Å². The van der Waals surface area contributed by atoms with Crippen LogP contribution in [0, 0.1) is 5.92 Å². The van der Waals surface area contributed by atoms with E-state index in [1.165, 1.54) is 12.8 Å². The molecule has 0 radical (unpaired) electrons. The predicted octanol–water partition coefficient (Wildman–Crippen LogP) is 1.26. The number of carbonyl (C=O) groups is 1. The summed E-state index contributed by atoms with van der Waals surface area (Å²) in [6.07, 6.45) is 3.79. The number of rotatable bonds is 9. The number of hydrogen-bond donors (Lipinski definition) is 2. The van der Waals surface area contributed by atoms with Crippen molar-refractivity contribution >= 4 is 5.97 Å². The number of aliphatic carboxylic acids is 1. The van der Waals surface area contributed by atoms with Gasteiger partial charge in [-0.15, -0.1) is 0 Å². The smallest absolute Gasteiger partial charge is 0.304 e. The van der Waals surface area contributed by atoms with Gasteiger partial charge in [0.05, 0.1) is 6.42 Å². The molecule has 0 aromatic heterocycles. The zero-order chi connectivity index (χ0) is 11.1. The van der Waals surface area contributed by atoms with Crippen LogP contribution in [0.1, 0.15) is 32.6 Å². The van der Waals surface area contributed by atoms with Crippen molar-refractivity contribution in [3.63, 3.8) is 0 Å². The Kier molecular flexibility index (Phi) is 5.65. The van der Waals surface area contributed by atoms with Gasteiger partial charge in [-0.25, -0.2) is 0 Å². The van der Waals surface area contributed by atoms with E-state index in [0.717, 1.165) is 32.1 Å². The van der Waals surface area contributed by atoms with Gasteiger partial charge in [-0.2, -0.15) is 0 Å². The highest BCUT2D eigenvalue weighted by Crippen LogP contribution is 2.28. The van der Waals surface area contributed by atoms with Gasteiger partial charge in [0.2, 0.25) is 0 Å². The topological polar surface area (TPSA) is 58.6 Å². The van der Waals surface area contributed by atoms with Gasteiger partial charge in [0.25, 0.3) is 0 Å². The summed E-state index contributed by atoms with van der Waals surface area (Å²) in [6.45, 7) is 4.41. The monoisotopic (exact) mass is 215 g/mol. The average Bonchev–Trinajstić information content (AvgIpc) is 2.93. The summed E-state index contributed by atoms with van der Waals surface area (Å²) in [5.74, 6) is 0.0730. The molecule has 1 rings (SSSR count). The third-order valence-electron chi connectivity index (χ3n) is 2.49. The van der Waals surface area contributed by atoms with E-state index in [2.05, 4.69) is 5.32 Å². The highest BCUT2D eigenvalue weighted by atomic mass is 16.5. The highest BCUT2D eigenvalue weighted by molar-refractivity contribution is 5.67. The second-order valence-corrected chi connectivity index (χ2v) is 4.32. The Morgan fingerprint density at radius 2 is 2.33 bits per heavy atom. The Morgan fingerprint density at radius 1 is 1.60 bits per heavy atom. The number of hydrogen-bond acceptors (Lipinski definition) is 3. The fraction of sp³-hybridized carbons (Fsp3) is 0.909. The minimum atomic E-state index is -0.750. The summed E-state index contributed by atoms with van der Waals surface area (Å²) >= 11 is 0. The van der Waals surface area contributed by atoms with E-state index in [-0.39, 0.29) is 12.5 Å².